The van der Waals surface area contributed by atoms with Crippen molar-refractivity contribution in [3.05, 3.63) is 15.9 Å². The number of aryl methyl sites for hydroxylation is 1. The highest BCUT2D eigenvalue weighted by atomic mass is 79.9. The van der Waals surface area contributed by atoms with Crippen molar-refractivity contribution < 1.29 is 5.11 Å². The van der Waals surface area contributed by atoms with E-state index in [1.807, 2.05) is 11.7 Å². The van der Waals surface area contributed by atoms with E-state index in [4.69, 9.17) is 5.73 Å². The summed E-state index contributed by atoms with van der Waals surface area (Å²) in [7, 11) is 1.91. The predicted octanol–water partition coefficient (Wildman–Crippen LogP) is 0.665. The molecule has 0 fully saturated rings. The largest absolute Gasteiger partial charge is 0.394 e. The molecular weight excluding hydrogens is 246 g/mol. The second kappa shape index (κ2) is 3.32. The molecule has 2 rings (SSSR count). The summed E-state index contributed by atoms with van der Waals surface area (Å²) in [6.45, 7) is -0.0235. The van der Waals surface area contributed by atoms with Gasteiger partial charge in [0, 0.05) is 18.3 Å². The Bertz CT molecular complexity index is 363. The highest BCUT2D eigenvalue weighted by Crippen LogP contribution is 2.37. The average molecular weight is 260 g/mol. The van der Waals surface area contributed by atoms with Crippen LogP contribution < -0.4 is 5.73 Å². The summed E-state index contributed by atoms with van der Waals surface area (Å²) < 4.78 is 2.61. The summed E-state index contributed by atoms with van der Waals surface area (Å²) in [4.78, 5) is 0. The van der Waals surface area contributed by atoms with E-state index >= 15 is 0 Å². The van der Waals surface area contributed by atoms with E-state index in [-0.39, 0.29) is 6.61 Å². The van der Waals surface area contributed by atoms with Crippen LogP contribution in [-0.2, 0) is 19.0 Å². The van der Waals surface area contributed by atoms with Crippen molar-refractivity contribution in [1.29, 1.82) is 0 Å². The monoisotopic (exact) mass is 259 g/mol. The SMILES string of the molecule is Cn1nc(Br)c2c1CCCC2(N)CO. The highest BCUT2D eigenvalue weighted by Gasteiger charge is 2.36. The van der Waals surface area contributed by atoms with E-state index in [2.05, 4.69) is 21.0 Å². The topological polar surface area (TPSA) is 64.1 Å². The molecule has 0 aromatic carbocycles. The third kappa shape index (κ3) is 1.31. The van der Waals surface area contributed by atoms with Gasteiger partial charge in [-0.05, 0) is 35.2 Å². The summed E-state index contributed by atoms with van der Waals surface area (Å²) >= 11 is 3.40. The number of hydrogen-bond acceptors (Lipinski definition) is 3. The van der Waals surface area contributed by atoms with Crippen molar-refractivity contribution in [2.45, 2.75) is 24.8 Å². The van der Waals surface area contributed by atoms with Crippen molar-refractivity contribution in [3.63, 3.8) is 0 Å². The molecule has 0 radical (unpaired) electrons. The minimum absolute atomic E-state index is 0.0235. The van der Waals surface area contributed by atoms with Crippen LogP contribution in [0.4, 0.5) is 0 Å². The van der Waals surface area contributed by atoms with Gasteiger partial charge in [0.2, 0.25) is 0 Å². The van der Waals surface area contributed by atoms with Crippen LogP contribution in [0.5, 0.6) is 0 Å². The molecule has 0 amide bonds. The van der Waals surface area contributed by atoms with Crippen LogP contribution in [0.2, 0.25) is 0 Å². The molecule has 5 heteroatoms. The number of aromatic nitrogens is 2. The molecule has 0 bridgehead atoms. The molecule has 1 atom stereocenters. The summed E-state index contributed by atoms with van der Waals surface area (Å²) in [5.41, 5.74) is 7.66. The molecule has 0 spiro atoms. The Kier molecular flexibility index (Phi) is 2.41. The van der Waals surface area contributed by atoms with Gasteiger partial charge in [-0.3, -0.25) is 4.68 Å². The molecule has 1 heterocycles. The normalized spacial score (nSPS) is 26.3. The summed E-state index contributed by atoms with van der Waals surface area (Å²) in [6, 6.07) is 0. The summed E-state index contributed by atoms with van der Waals surface area (Å²) in [6.07, 6.45) is 2.82. The number of halogens is 1. The van der Waals surface area contributed by atoms with Crippen molar-refractivity contribution in [2.75, 3.05) is 6.61 Å². The molecule has 78 valence electrons. The second-order valence-corrected chi connectivity index (χ2v) is 4.66. The maximum atomic E-state index is 9.35. The number of nitrogens with zero attached hydrogens (tertiary/aromatic N) is 2. The van der Waals surface area contributed by atoms with E-state index in [1.165, 1.54) is 0 Å². The third-order valence-electron chi connectivity index (χ3n) is 2.94. The minimum atomic E-state index is -0.610. The maximum Gasteiger partial charge on any atom is 0.133 e. The molecule has 4 nitrogen and oxygen atoms in total. The first-order valence-electron chi connectivity index (χ1n) is 4.70. The lowest BCUT2D eigenvalue weighted by Gasteiger charge is -2.32. The van der Waals surface area contributed by atoms with Crippen LogP contribution in [0.15, 0.2) is 4.60 Å². The molecule has 3 N–H and O–H groups in total. The average Bonchev–Trinajstić information content (AvgIpc) is 2.44. The first-order chi connectivity index (χ1) is 6.58. The Labute approximate surface area is 91.2 Å². The number of nitrogens with two attached hydrogens (primary N) is 1. The standard InChI is InChI=1S/C9H14BrN3O/c1-13-6-3-2-4-9(11,5-14)7(6)8(10)12-13/h14H,2-5,11H2,1H3. The molecule has 0 saturated heterocycles. The zero-order valence-electron chi connectivity index (χ0n) is 8.13. The van der Waals surface area contributed by atoms with Gasteiger partial charge in [0.25, 0.3) is 0 Å². The van der Waals surface area contributed by atoms with Crippen LogP contribution in [0, 0.1) is 0 Å². The number of aliphatic hydroxyl groups is 1. The van der Waals surface area contributed by atoms with Gasteiger partial charge >= 0.3 is 0 Å². The van der Waals surface area contributed by atoms with Crippen LogP contribution >= 0.6 is 15.9 Å². The van der Waals surface area contributed by atoms with Gasteiger partial charge in [-0.2, -0.15) is 5.10 Å². The van der Waals surface area contributed by atoms with E-state index in [0.29, 0.717) is 0 Å². The molecule has 1 aliphatic carbocycles. The highest BCUT2D eigenvalue weighted by molar-refractivity contribution is 9.10. The predicted molar refractivity (Wildman–Crippen MR) is 56.8 cm³/mol. The number of hydrogen-bond donors (Lipinski definition) is 2. The van der Waals surface area contributed by atoms with E-state index in [0.717, 1.165) is 35.1 Å². The molecular formula is C9H14BrN3O. The van der Waals surface area contributed by atoms with Gasteiger partial charge in [-0.1, -0.05) is 0 Å². The van der Waals surface area contributed by atoms with Crippen LogP contribution in [-0.4, -0.2) is 21.5 Å². The fraction of sp³-hybridized carbons (Fsp3) is 0.667. The van der Waals surface area contributed by atoms with Crippen LogP contribution in [0.1, 0.15) is 24.1 Å². The second-order valence-electron chi connectivity index (χ2n) is 3.90. The first kappa shape index (κ1) is 10.1. The van der Waals surface area contributed by atoms with Crippen molar-refractivity contribution in [1.82, 2.24) is 9.78 Å². The fourth-order valence-corrected chi connectivity index (χ4v) is 3.02. The Morgan fingerprint density at radius 3 is 3.07 bits per heavy atom. The molecule has 1 aromatic rings. The minimum Gasteiger partial charge on any atom is -0.394 e. The maximum absolute atomic E-state index is 9.35. The number of fused-ring (bicyclic) bond motifs is 1. The summed E-state index contributed by atoms with van der Waals surface area (Å²) in [5, 5.41) is 13.6. The zero-order valence-corrected chi connectivity index (χ0v) is 9.71. The fourth-order valence-electron chi connectivity index (χ4n) is 2.16. The van der Waals surface area contributed by atoms with Crippen molar-refractivity contribution in [3.8, 4) is 0 Å². The summed E-state index contributed by atoms with van der Waals surface area (Å²) in [5.74, 6) is 0. The van der Waals surface area contributed by atoms with Gasteiger partial charge in [0.05, 0.1) is 12.1 Å². The van der Waals surface area contributed by atoms with Crippen LogP contribution in [0.25, 0.3) is 0 Å². The molecule has 0 saturated carbocycles. The molecule has 0 aliphatic heterocycles. The zero-order chi connectivity index (χ0) is 10.3. The molecule has 14 heavy (non-hydrogen) atoms. The quantitative estimate of drug-likeness (QED) is 0.779. The Morgan fingerprint density at radius 2 is 2.43 bits per heavy atom. The van der Waals surface area contributed by atoms with E-state index in [9.17, 15) is 5.11 Å². The lowest BCUT2D eigenvalue weighted by Crippen LogP contribution is -2.43. The Balaban J connectivity index is 2.59. The van der Waals surface area contributed by atoms with E-state index < -0.39 is 5.54 Å². The number of rotatable bonds is 1. The smallest absolute Gasteiger partial charge is 0.133 e. The van der Waals surface area contributed by atoms with Crippen LogP contribution in [0.3, 0.4) is 0 Å². The molecule has 1 unspecified atom stereocenters. The lowest BCUT2D eigenvalue weighted by molar-refractivity contribution is 0.177. The lowest BCUT2D eigenvalue weighted by atomic mass is 9.81. The van der Waals surface area contributed by atoms with Crippen molar-refractivity contribution >= 4 is 15.9 Å². The Morgan fingerprint density at radius 1 is 1.71 bits per heavy atom. The van der Waals surface area contributed by atoms with Gasteiger partial charge < -0.3 is 10.8 Å². The van der Waals surface area contributed by atoms with Gasteiger partial charge in [0.15, 0.2) is 0 Å². The van der Waals surface area contributed by atoms with E-state index in [1.54, 1.807) is 0 Å². The number of aliphatic hydroxyl groups excluding tert-OH is 1. The molecule has 1 aliphatic rings. The first-order valence-corrected chi connectivity index (χ1v) is 5.49. The third-order valence-corrected chi connectivity index (χ3v) is 3.49. The van der Waals surface area contributed by atoms with Gasteiger partial charge in [-0.15, -0.1) is 0 Å². The van der Waals surface area contributed by atoms with Gasteiger partial charge in [0.1, 0.15) is 4.60 Å². The van der Waals surface area contributed by atoms with Gasteiger partial charge in [-0.25, -0.2) is 0 Å². The molecule has 1 aromatic heterocycles. The Hall–Kier alpha value is -0.390. The van der Waals surface area contributed by atoms with Crippen molar-refractivity contribution in [2.24, 2.45) is 12.8 Å².